The van der Waals surface area contributed by atoms with Crippen molar-refractivity contribution in [2.24, 2.45) is 11.8 Å². The van der Waals surface area contributed by atoms with E-state index in [0.29, 0.717) is 11.3 Å². The van der Waals surface area contributed by atoms with Gasteiger partial charge in [0.05, 0.1) is 27.6 Å². The molecule has 1 saturated heterocycles. The van der Waals surface area contributed by atoms with Gasteiger partial charge >= 0.3 is 5.97 Å². The van der Waals surface area contributed by atoms with Gasteiger partial charge in [-0.2, -0.15) is 0 Å². The van der Waals surface area contributed by atoms with E-state index in [0.717, 1.165) is 27.2 Å². The summed E-state index contributed by atoms with van der Waals surface area (Å²) in [5.41, 5.74) is 3.99. The Balaban J connectivity index is 1.27. The SMILES string of the molecule is COc1ccc(C(=O)COC(=O)CN2C(=O)[C@@H]3[C@@H](C2=O)C2(Br)c4ccccc4C3(Br)c3ccccc32)cc1. The molecule has 1 aliphatic heterocycles. The maximum absolute atomic E-state index is 13.8. The molecule has 1 fully saturated rings. The zero-order valence-electron chi connectivity index (χ0n) is 20.1. The van der Waals surface area contributed by atoms with Crippen LogP contribution in [0.4, 0.5) is 0 Å². The number of alkyl halides is 2. The van der Waals surface area contributed by atoms with Crippen LogP contribution < -0.4 is 4.74 Å². The van der Waals surface area contributed by atoms with E-state index in [1.165, 1.54) is 7.11 Å². The molecular formula is C29H21Br2NO6. The molecule has 38 heavy (non-hydrogen) atoms. The number of halogens is 2. The van der Waals surface area contributed by atoms with Crippen molar-refractivity contribution in [2.45, 2.75) is 8.65 Å². The summed E-state index contributed by atoms with van der Waals surface area (Å²) in [7, 11) is 1.52. The molecule has 0 spiro atoms. The Morgan fingerprint density at radius 3 is 1.66 bits per heavy atom. The van der Waals surface area contributed by atoms with Crippen LogP contribution in [0.25, 0.3) is 0 Å². The first kappa shape index (κ1) is 25.0. The second kappa shape index (κ2) is 8.88. The highest BCUT2D eigenvalue weighted by Gasteiger charge is 2.72. The first-order chi connectivity index (χ1) is 18.2. The van der Waals surface area contributed by atoms with Gasteiger partial charge in [-0.25, -0.2) is 0 Å². The Morgan fingerprint density at radius 1 is 0.789 bits per heavy atom. The monoisotopic (exact) mass is 637 g/mol. The van der Waals surface area contributed by atoms with Crippen LogP contribution >= 0.6 is 31.9 Å². The quantitative estimate of drug-likeness (QED) is 0.173. The number of carbonyl (C=O) groups is 4. The summed E-state index contributed by atoms with van der Waals surface area (Å²) in [5.74, 6) is -3.09. The highest BCUT2D eigenvalue weighted by molar-refractivity contribution is 9.10. The number of nitrogens with zero attached hydrogens (tertiary/aromatic N) is 1. The number of methoxy groups -OCH3 is 1. The van der Waals surface area contributed by atoms with Gasteiger partial charge in [-0.1, -0.05) is 80.4 Å². The summed E-state index contributed by atoms with van der Waals surface area (Å²) in [4.78, 5) is 53.8. The largest absolute Gasteiger partial charge is 0.497 e. The first-order valence-electron chi connectivity index (χ1n) is 12.0. The van der Waals surface area contributed by atoms with E-state index in [1.54, 1.807) is 24.3 Å². The second-order valence-electron chi connectivity index (χ2n) is 9.55. The Kier molecular flexibility index (Phi) is 5.84. The maximum atomic E-state index is 13.8. The van der Waals surface area contributed by atoms with E-state index in [-0.39, 0.29) is 0 Å². The molecule has 1 heterocycles. The van der Waals surface area contributed by atoms with E-state index in [9.17, 15) is 19.2 Å². The molecule has 192 valence electrons. The van der Waals surface area contributed by atoms with Crippen molar-refractivity contribution < 1.29 is 28.7 Å². The van der Waals surface area contributed by atoms with Crippen LogP contribution in [-0.2, 0) is 27.8 Å². The van der Waals surface area contributed by atoms with Gasteiger partial charge in [0.25, 0.3) is 0 Å². The van der Waals surface area contributed by atoms with Gasteiger partial charge in [-0.05, 0) is 46.5 Å². The molecule has 2 bridgehead atoms. The van der Waals surface area contributed by atoms with Gasteiger partial charge in [0, 0.05) is 5.56 Å². The van der Waals surface area contributed by atoms with Gasteiger partial charge in [-0.3, -0.25) is 24.1 Å². The summed E-state index contributed by atoms with van der Waals surface area (Å²) >= 11 is 7.84. The zero-order chi connectivity index (χ0) is 26.8. The topological polar surface area (TPSA) is 90.0 Å². The van der Waals surface area contributed by atoms with Crippen LogP contribution in [0.3, 0.4) is 0 Å². The number of ether oxygens (including phenoxy) is 2. The lowest BCUT2D eigenvalue weighted by atomic mass is 9.54. The number of benzene rings is 3. The molecule has 9 heteroatoms. The van der Waals surface area contributed by atoms with Gasteiger partial charge in [0.15, 0.2) is 12.4 Å². The molecule has 2 amide bonds. The van der Waals surface area contributed by atoms with Gasteiger partial charge in [-0.15, -0.1) is 0 Å². The van der Waals surface area contributed by atoms with Crippen LogP contribution in [0.5, 0.6) is 5.75 Å². The Hall–Kier alpha value is -3.30. The number of hydrogen-bond acceptors (Lipinski definition) is 6. The number of imide groups is 1. The summed E-state index contributed by atoms with van der Waals surface area (Å²) in [6, 6.07) is 21.9. The van der Waals surface area contributed by atoms with Crippen LogP contribution in [0.2, 0.25) is 0 Å². The second-order valence-corrected chi connectivity index (χ2v) is 12.0. The molecular weight excluding hydrogens is 618 g/mol. The third kappa shape index (κ3) is 3.31. The van der Waals surface area contributed by atoms with Crippen LogP contribution in [0, 0.1) is 11.8 Å². The number of carbonyl (C=O) groups excluding carboxylic acids is 4. The Labute approximate surface area is 235 Å². The van der Waals surface area contributed by atoms with Crippen LogP contribution in [0.15, 0.2) is 72.8 Å². The molecule has 2 atom stereocenters. The average Bonchev–Trinajstić information content (AvgIpc) is 3.20. The molecule has 4 aliphatic rings. The normalized spacial score (nSPS) is 26.4. The number of amides is 2. The molecule has 0 aromatic heterocycles. The lowest BCUT2D eigenvalue weighted by molar-refractivity contribution is -0.152. The third-order valence-corrected chi connectivity index (χ3v) is 10.4. The van der Waals surface area contributed by atoms with Gasteiger partial charge in [0.2, 0.25) is 11.8 Å². The van der Waals surface area contributed by atoms with Crippen molar-refractivity contribution in [1.82, 2.24) is 4.90 Å². The molecule has 3 aromatic carbocycles. The molecule has 3 aliphatic carbocycles. The minimum atomic E-state index is -0.934. The molecule has 7 rings (SSSR count). The predicted octanol–water partition coefficient (Wildman–Crippen LogP) is 4.33. The van der Waals surface area contributed by atoms with Crippen molar-refractivity contribution in [2.75, 3.05) is 20.3 Å². The highest BCUT2D eigenvalue weighted by Crippen LogP contribution is 2.70. The van der Waals surface area contributed by atoms with Crippen molar-refractivity contribution >= 4 is 55.4 Å². The van der Waals surface area contributed by atoms with Gasteiger partial charge < -0.3 is 9.47 Å². The van der Waals surface area contributed by atoms with Crippen molar-refractivity contribution in [3.05, 3.63) is 101 Å². The van der Waals surface area contributed by atoms with Crippen molar-refractivity contribution in [3.63, 3.8) is 0 Å². The smallest absolute Gasteiger partial charge is 0.326 e. The third-order valence-electron chi connectivity index (χ3n) is 7.74. The fourth-order valence-corrected chi connectivity index (χ4v) is 8.36. The molecule has 0 unspecified atom stereocenters. The standard InChI is InChI=1S/C29H21Br2NO6/c1-37-17-12-10-16(11-13-17)22(33)15-38-23(34)14-32-26(35)24-25(27(32)36)29(31)19-7-3-2-6-18(19)28(24,30)20-8-4-5-9-21(20)29/h2-13,24-25H,14-15H2,1H3/t24-,25-,28?,29?/m0/s1. The Bertz CT molecular complexity index is 1400. The van der Waals surface area contributed by atoms with Crippen molar-refractivity contribution in [3.8, 4) is 5.75 Å². The number of rotatable bonds is 6. The van der Waals surface area contributed by atoms with Crippen molar-refractivity contribution in [1.29, 1.82) is 0 Å². The molecule has 3 aromatic rings. The number of ketones is 1. The zero-order valence-corrected chi connectivity index (χ0v) is 23.3. The van der Waals surface area contributed by atoms with Crippen LogP contribution in [-0.4, -0.2) is 48.7 Å². The van der Waals surface area contributed by atoms with E-state index in [2.05, 4.69) is 31.9 Å². The Morgan fingerprint density at radius 2 is 1.24 bits per heavy atom. The lowest BCUT2D eigenvalue weighted by Crippen LogP contribution is -2.56. The van der Waals surface area contributed by atoms with E-state index >= 15 is 0 Å². The fourth-order valence-electron chi connectivity index (χ4n) is 6.06. The number of hydrogen-bond donors (Lipinski definition) is 0. The number of Topliss-reactive ketones (excluding diaryl/α,β-unsaturated/α-hetero) is 1. The first-order valence-corrected chi connectivity index (χ1v) is 13.6. The predicted molar refractivity (Wildman–Crippen MR) is 144 cm³/mol. The molecule has 0 N–H and O–H groups in total. The number of esters is 1. The van der Waals surface area contributed by atoms with E-state index in [4.69, 9.17) is 9.47 Å². The average molecular weight is 639 g/mol. The molecule has 0 radical (unpaired) electrons. The lowest BCUT2D eigenvalue weighted by Gasteiger charge is -2.55. The highest BCUT2D eigenvalue weighted by atomic mass is 79.9. The number of likely N-dealkylation sites (tertiary alicyclic amines) is 1. The maximum Gasteiger partial charge on any atom is 0.326 e. The van der Waals surface area contributed by atoms with Gasteiger partial charge in [0.1, 0.15) is 12.3 Å². The summed E-state index contributed by atoms with van der Waals surface area (Å²) in [6.07, 6.45) is 0. The molecule has 0 saturated carbocycles. The summed E-state index contributed by atoms with van der Waals surface area (Å²) in [5, 5.41) is 0. The van der Waals surface area contributed by atoms with E-state index in [1.807, 2.05) is 48.5 Å². The summed E-state index contributed by atoms with van der Waals surface area (Å²) in [6.45, 7) is -1.07. The summed E-state index contributed by atoms with van der Waals surface area (Å²) < 4.78 is 8.40. The molecule has 7 nitrogen and oxygen atoms in total. The van der Waals surface area contributed by atoms with Crippen LogP contribution in [0.1, 0.15) is 32.6 Å². The fraction of sp³-hybridized carbons (Fsp3) is 0.241. The van der Waals surface area contributed by atoms with E-state index < -0.39 is 57.2 Å². The minimum Gasteiger partial charge on any atom is -0.497 e. The minimum absolute atomic E-state index is 0.354.